The van der Waals surface area contributed by atoms with Crippen LogP contribution in [0, 0.1) is 10.1 Å². The molecule has 0 aliphatic carbocycles. The average molecular weight is 592 g/mol. The van der Waals surface area contributed by atoms with Gasteiger partial charge in [0.15, 0.2) is 0 Å². The van der Waals surface area contributed by atoms with Crippen LogP contribution in [0.25, 0.3) is 10.8 Å². The number of nitro groups is 1. The number of anilines is 1. The molecule has 194 valence electrons. The molecule has 0 radical (unpaired) electrons. The van der Waals surface area contributed by atoms with Crippen LogP contribution in [0.2, 0.25) is 10.0 Å². The minimum absolute atomic E-state index is 0.0629. The molecule has 5 rings (SSSR count). The Kier molecular flexibility index (Phi) is 8.43. The van der Waals surface area contributed by atoms with Gasteiger partial charge in [-0.1, -0.05) is 101 Å². The first-order chi connectivity index (χ1) is 18.9. The fraction of sp³-hybridized carbons (Fsp3) is 0.0333. The Hall–Kier alpha value is -3.49. The number of rotatable bonds is 9. The molecule has 0 fully saturated rings. The number of carbonyl (C=O) groups is 1. The summed E-state index contributed by atoms with van der Waals surface area (Å²) in [5.41, 5.74) is 1.02. The smallest absolute Gasteiger partial charge is 0.283 e. The first-order valence-corrected chi connectivity index (χ1v) is 14.2. The van der Waals surface area contributed by atoms with E-state index in [9.17, 15) is 14.9 Å². The quantitative estimate of drug-likeness (QED) is 0.105. The minimum Gasteiger partial charge on any atom is -0.372 e. The number of carbonyl (C=O) groups excluding carboxylic acids is 1. The Balaban J connectivity index is 1.35. The molecule has 1 unspecified atom stereocenters. The van der Waals surface area contributed by atoms with Gasteiger partial charge in [0.2, 0.25) is 0 Å². The third-order valence-corrected chi connectivity index (χ3v) is 9.10. The van der Waals surface area contributed by atoms with E-state index in [0.29, 0.717) is 32.5 Å². The predicted octanol–water partition coefficient (Wildman–Crippen LogP) is 9.71. The van der Waals surface area contributed by atoms with Crippen LogP contribution in [0.4, 0.5) is 11.4 Å². The lowest BCUT2D eigenvalue weighted by molar-refractivity contribution is -0.387. The molecule has 9 heteroatoms. The Labute approximate surface area is 243 Å². The van der Waals surface area contributed by atoms with Crippen molar-refractivity contribution in [3.63, 3.8) is 0 Å². The maximum Gasteiger partial charge on any atom is 0.283 e. The summed E-state index contributed by atoms with van der Waals surface area (Å²) in [6.07, 6.45) is 0.717. The van der Waals surface area contributed by atoms with Gasteiger partial charge in [0.25, 0.3) is 5.69 Å². The van der Waals surface area contributed by atoms with Crippen LogP contribution in [0.1, 0.15) is 11.6 Å². The van der Waals surface area contributed by atoms with Crippen LogP contribution < -0.4 is 5.32 Å². The summed E-state index contributed by atoms with van der Waals surface area (Å²) in [4.78, 5) is 26.5. The summed E-state index contributed by atoms with van der Waals surface area (Å²) in [5, 5.41) is 18.1. The molecule has 5 aromatic carbocycles. The number of nitro benzene ring substituents is 1. The van der Waals surface area contributed by atoms with E-state index in [1.54, 1.807) is 18.2 Å². The van der Waals surface area contributed by atoms with Crippen molar-refractivity contribution in [1.29, 1.82) is 0 Å². The monoisotopic (exact) mass is 590 g/mol. The fourth-order valence-electron chi connectivity index (χ4n) is 4.03. The van der Waals surface area contributed by atoms with Crippen LogP contribution in [0.3, 0.4) is 0 Å². The van der Waals surface area contributed by atoms with E-state index in [2.05, 4.69) is 5.32 Å². The lowest BCUT2D eigenvalue weighted by atomic mass is 10.1. The lowest BCUT2D eigenvalue weighted by Gasteiger charge is -2.16. The zero-order valence-corrected chi connectivity index (χ0v) is 23.4. The van der Waals surface area contributed by atoms with Crippen LogP contribution in [0.5, 0.6) is 0 Å². The first-order valence-electron chi connectivity index (χ1n) is 11.8. The fourth-order valence-corrected chi connectivity index (χ4v) is 6.47. The predicted molar refractivity (Wildman–Crippen MR) is 161 cm³/mol. The summed E-state index contributed by atoms with van der Waals surface area (Å²) in [7, 11) is 0. The van der Waals surface area contributed by atoms with Crippen molar-refractivity contribution in [1.82, 2.24) is 0 Å². The Morgan fingerprint density at radius 1 is 0.795 bits per heavy atom. The SMILES string of the molecule is O=CC(Nc1ccc(Sc2ccc3ccccc3c2Cl)c(Cl)c1)c1ccc(Sc2ccccc2)c([N+](=O)[O-])c1. The van der Waals surface area contributed by atoms with E-state index in [1.807, 2.05) is 78.9 Å². The van der Waals surface area contributed by atoms with Crippen molar-refractivity contribution < 1.29 is 9.72 Å². The molecule has 0 aromatic heterocycles. The van der Waals surface area contributed by atoms with Gasteiger partial charge in [-0.3, -0.25) is 10.1 Å². The highest BCUT2D eigenvalue weighted by Crippen LogP contribution is 2.41. The van der Waals surface area contributed by atoms with Gasteiger partial charge in [-0.25, -0.2) is 0 Å². The molecule has 0 saturated heterocycles. The number of nitrogens with one attached hydrogen (secondary N) is 1. The third kappa shape index (κ3) is 6.23. The molecule has 0 aliphatic heterocycles. The molecule has 0 heterocycles. The average Bonchev–Trinajstić information content (AvgIpc) is 2.95. The summed E-state index contributed by atoms with van der Waals surface area (Å²) < 4.78 is 0. The molecule has 0 amide bonds. The first kappa shape index (κ1) is 27.1. The molecule has 0 aliphatic rings. The number of fused-ring (bicyclic) bond motifs is 1. The van der Waals surface area contributed by atoms with Gasteiger partial charge < -0.3 is 10.1 Å². The summed E-state index contributed by atoms with van der Waals surface area (Å²) in [6.45, 7) is 0. The number of benzene rings is 5. The summed E-state index contributed by atoms with van der Waals surface area (Å²) >= 11 is 16.0. The van der Waals surface area contributed by atoms with Gasteiger partial charge in [-0.15, -0.1) is 0 Å². The second kappa shape index (κ2) is 12.1. The molecule has 39 heavy (non-hydrogen) atoms. The van der Waals surface area contributed by atoms with E-state index >= 15 is 0 Å². The van der Waals surface area contributed by atoms with Crippen molar-refractivity contribution in [2.24, 2.45) is 0 Å². The number of halogens is 2. The number of hydrogen-bond acceptors (Lipinski definition) is 6. The zero-order valence-electron chi connectivity index (χ0n) is 20.2. The van der Waals surface area contributed by atoms with Crippen LogP contribution in [-0.2, 0) is 4.79 Å². The van der Waals surface area contributed by atoms with Gasteiger partial charge in [-0.2, -0.15) is 0 Å². The molecule has 1 atom stereocenters. The Bertz CT molecular complexity index is 1680. The largest absolute Gasteiger partial charge is 0.372 e. The standard InChI is InChI=1S/C30H20Cl2N2O3S2/c31-24-17-21(12-15-27(24)39-29-14-10-19-6-4-5-9-23(19)30(29)32)33-25(18-35)20-11-13-28(26(16-20)34(36)37)38-22-7-2-1-3-8-22/h1-18,25,33H. The van der Waals surface area contributed by atoms with Gasteiger partial charge in [0.05, 0.1) is 19.9 Å². The lowest BCUT2D eigenvalue weighted by Crippen LogP contribution is -2.12. The third-order valence-electron chi connectivity index (χ3n) is 5.95. The highest BCUT2D eigenvalue weighted by Gasteiger charge is 2.20. The van der Waals surface area contributed by atoms with Gasteiger partial charge in [0.1, 0.15) is 12.3 Å². The van der Waals surface area contributed by atoms with Crippen LogP contribution in [-0.4, -0.2) is 11.2 Å². The van der Waals surface area contributed by atoms with Gasteiger partial charge >= 0.3 is 0 Å². The van der Waals surface area contributed by atoms with Crippen LogP contribution >= 0.6 is 46.7 Å². The maximum atomic E-state index is 12.0. The van der Waals surface area contributed by atoms with E-state index in [0.717, 1.165) is 25.5 Å². The highest BCUT2D eigenvalue weighted by atomic mass is 35.5. The van der Waals surface area contributed by atoms with E-state index in [1.165, 1.54) is 29.6 Å². The minimum atomic E-state index is -0.802. The van der Waals surface area contributed by atoms with Crippen LogP contribution in [0.15, 0.2) is 123 Å². The van der Waals surface area contributed by atoms with E-state index in [4.69, 9.17) is 23.2 Å². The number of aldehydes is 1. The number of nitrogens with zero attached hydrogens (tertiary/aromatic N) is 1. The normalized spacial score (nSPS) is 11.7. The molecule has 5 nitrogen and oxygen atoms in total. The van der Waals surface area contributed by atoms with Gasteiger partial charge in [0, 0.05) is 31.8 Å². The second-order valence-electron chi connectivity index (χ2n) is 8.50. The van der Waals surface area contributed by atoms with Crippen molar-refractivity contribution in [2.45, 2.75) is 25.6 Å². The second-order valence-corrected chi connectivity index (χ2v) is 11.5. The van der Waals surface area contributed by atoms with Crippen molar-refractivity contribution in [3.8, 4) is 0 Å². The Morgan fingerprint density at radius 2 is 1.51 bits per heavy atom. The van der Waals surface area contributed by atoms with Crippen molar-refractivity contribution in [3.05, 3.63) is 129 Å². The molecule has 0 bridgehead atoms. The molecule has 5 aromatic rings. The molecule has 0 saturated carbocycles. The van der Waals surface area contributed by atoms with E-state index < -0.39 is 11.0 Å². The van der Waals surface area contributed by atoms with E-state index in [-0.39, 0.29) is 5.69 Å². The van der Waals surface area contributed by atoms with Crippen molar-refractivity contribution in [2.75, 3.05) is 5.32 Å². The summed E-state index contributed by atoms with van der Waals surface area (Å²) in [6, 6.07) is 30.7. The molecular weight excluding hydrogens is 571 g/mol. The van der Waals surface area contributed by atoms with Crippen molar-refractivity contribution >= 4 is 75.2 Å². The summed E-state index contributed by atoms with van der Waals surface area (Å²) in [5.74, 6) is 0. The number of hydrogen-bond donors (Lipinski definition) is 1. The zero-order chi connectivity index (χ0) is 27.4. The highest BCUT2D eigenvalue weighted by molar-refractivity contribution is 7.99. The van der Waals surface area contributed by atoms with Gasteiger partial charge in [-0.05, 0) is 53.4 Å². The maximum absolute atomic E-state index is 12.0. The topological polar surface area (TPSA) is 72.2 Å². The Morgan fingerprint density at radius 3 is 2.26 bits per heavy atom. The molecular formula is C30H20Cl2N2O3S2. The molecule has 1 N–H and O–H groups in total. The molecule has 0 spiro atoms.